The number of ether oxygens (including phenoxy) is 1. The van der Waals surface area contributed by atoms with E-state index in [9.17, 15) is 26.7 Å². The molecule has 0 saturated carbocycles. The second-order valence-electron chi connectivity index (χ2n) is 6.34. The number of nitrogens with zero attached hydrogens (tertiary/aromatic N) is 3. The minimum absolute atomic E-state index is 0.0465. The van der Waals surface area contributed by atoms with Crippen LogP contribution < -0.4 is 11.1 Å². The number of alkyl halides is 4. The van der Waals surface area contributed by atoms with Crippen molar-refractivity contribution in [3.63, 3.8) is 0 Å². The number of halogens is 6. The van der Waals surface area contributed by atoms with E-state index in [1.165, 1.54) is 6.20 Å². The summed E-state index contributed by atoms with van der Waals surface area (Å²) >= 11 is 5.67. The lowest BCUT2D eigenvalue weighted by Gasteiger charge is -2.36. The van der Waals surface area contributed by atoms with Crippen LogP contribution in [0.5, 0.6) is 0 Å². The average molecular weight is 450 g/mol. The third kappa shape index (κ3) is 4.42. The maximum absolute atomic E-state index is 14.5. The zero-order chi connectivity index (χ0) is 22.1. The van der Waals surface area contributed by atoms with Crippen molar-refractivity contribution in [2.24, 2.45) is 10.7 Å². The second-order valence-corrected chi connectivity index (χ2v) is 6.73. The maximum atomic E-state index is 14.5. The third-order valence-electron chi connectivity index (χ3n) is 4.26. The Labute approximate surface area is 171 Å². The van der Waals surface area contributed by atoms with Crippen molar-refractivity contribution in [2.75, 3.05) is 12.0 Å². The standard InChI is InChI=1S/C17H13ClF5N5O2/c18-13-6-25-5-11(27-13)14(29)26-8-1-2-10(20)9(3-8)16(7-19)4-12(17(21,22)23)30-15(24)28-16/h1-3,5-6,12H,4,7H2,(H2,24,28)(H,26,29)/t12-,16-/m0/s1. The van der Waals surface area contributed by atoms with Gasteiger partial charge in [-0.1, -0.05) is 11.6 Å². The summed E-state index contributed by atoms with van der Waals surface area (Å²) in [6.07, 6.45) is -6.09. The highest BCUT2D eigenvalue weighted by Crippen LogP contribution is 2.42. The topological polar surface area (TPSA) is 102 Å². The summed E-state index contributed by atoms with van der Waals surface area (Å²) in [7, 11) is 0. The molecule has 2 atom stereocenters. The van der Waals surface area contributed by atoms with Gasteiger partial charge in [0.15, 0.2) is 6.10 Å². The number of anilines is 1. The summed E-state index contributed by atoms with van der Waals surface area (Å²) in [6.45, 7) is -1.49. The van der Waals surface area contributed by atoms with Gasteiger partial charge in [-0.2, -0.15) is 13.2 Å². The van der Waals surface area contributed by atoms with E-state index >= 15 is 0 Å². The summed E-state index contributed by atoms with van der Waals surface area (Å²) in [5.74, 6) is -1.81. The molecule has 30 heavy (non-hydrogen) atoms. The Morgan fingerprint density at radius 2 is 2.10 bits per heavy atom. The van der Waals surface area contributed by atoms with Gasteiger partial charge in [-0.15, -0.1) is 0 Å². The molecule has 2 heterocycles. The predicted molar refractivity (Wildman–Crippen MR) is 96.2 cm³/mol. The highest BCUT2D eigenvalue weighted by atomic mass is 35.5. The first-order valence-corrected chi connectivity index (χ1v) is 8.65. The number of nitrogens with one attached hydrogen (secondary N) is 1. The quantitative estimate of drug-likeness (QED) is 0.697. The molecule has 13 heteroatoms. The van der Waals surface area contributed by atoms with Crippen molar-refractivity contribution >= 4 is 29.2 Å². The Hall–Kier alpha value is -3.02. The molecule has 0 unspecified atom stereocenters. The van der Waals surface area contributed by atoms with E-state index in [0.717, 1.165) is 24.4 Å². The fourth-order valence-electron chi connectivity index (χ4n) is 2.89. The lowest BCUT2D eigenvalue weighted by Crippen LogP contribution is -2.48. The molecule has 2 aromatic rings. The molecule has 7 nitrogen and oxygen atoms in total. The Kier molecular flexibility index (Phi) is 5.79. The zero-order valence-electron chi connectivity index (χ0n) is 14.9. The summed E-state index contributed by atoms with van der Waals surface area (Å²) in [5, 5.41) is 2.31. The van der Waals surface area contributed by atoms with E-state index in [1.54, 1.807) is 0 Å². The molecule has 0 bridgehead atoms. The van der Waals surface area contributed by atoms with E-state index in [4.69, 9.17) is 17.3 Å². The lowest BCUT2D eigenvalue weighted by atomic mass is 9.84. The van der Waals surface area contributed by atoms with Crippen LogP contribution in [0.3, 0.4) is 0 Å². The third-order valence-corrected chi connectivity index (χ3v) is 4.44. The van der Waals surface area contributed by atoms with Gasteiger partial charge in [-0.3, -0.25) is 9.78 Å². The maximum Gasteiger partial charge on any atom is 0.425 e. The van der Waals surface area contributed by atoms with Crippen molar-refractivity contribution in [1.29, 1.82) is 0 Å². The van der Waals surface area contributed by atoms with Crippen LogP contribution in [0.25, 0.3) is 0 Å². The average Bonchev–Trinajstić information content (AvgIpc) is 2.68. The van der Waals surface area contributed by atoms with Gasteiger partial charge in [0.05, 0.1) is 12.4 Å². The van der Waals surface area contributed by atoms with Crippen LogP contribution in [0.1, 0.15) is 22.5 Å². The van der Waals surface area contributed by atoms with Crippen molar-refractivity contribution < 1.29 is 31.5 Å². The number of hydrogen-bond donors (Lipinski definition) is 2. The molecule has 1 aliphatic heterocycles. The van der Waals surface area contributed by atoms with Crippen molar-refractivity contribution in [2.45, 2.75) is 24.2 Å². The van der Waals surface area contributed by atoms with Gasteiger partial charge < -0.3 is 15.8 Å². The molecule has 0 aliphatic carbocycles. The van der Waals surface area contributed by atoms with Crippen LogP contribution in [0, 0.1) is 5.82 Å². The number of carbonyl (C=O) groups is 1. The van der Waals surface area contributed by atoms with Crippen LogP contribution in [0.4, 0.5) is 27.6 Å². The first-order chi connectivity index (χ1) is 14.0. The summed E-state index contributed by atoms with van der Waals surface area (Å²) in [4.78, 5) is 23.3. The Morgan fingerprint density at radius 3 is 2.73 bits per heavy atom. The number of carbonyl (C=O) groups excluding carboxylic acids is 1. The summed E-state index contributed by atoms with van der Waals surface area (Å²) < 4.78 is 72.4. The first kappa shape index (κ1) is 21.7. The molecular formula is C17H13ClF5N5O2. The van der Waals surface area contributed by atoms with E-state index in [-0.39, 0.29) is 16.5 Å². The van der Waals surface area contributed by atoms with E-state index in [2.05, 4.69) is 25.0 Å². The highest BCUT2D eigenvalue weighted by molar-refractivity contribution is 6.29. The van der Waals surface area contributed by atoms with Crippen molar-refractivity contribution in [3.8, 4) is 0 Å². The molecule has 1 aromatic heterocycles. The van der Waals surface area contributed by atoms with Crippen LogP contribution in [0.15, 0.2) is 35.6 Å². The van der Waals surface area contributed by atoms with Gasteiger partial charge in [0.1, 0.15) is 28.9 Å². The number of benzene rings is 1. The van der Waals surface area contributed by atoms with Gasteiger partial charge in [0.25, 0.3) is 11.9 Å². The number of aromatic nitrogens is 2. The summed E-state index contributed by atoms with van der Waals surface area (Å²) in [5.41, 5.74) is 2.28. The molecular weight excluding hydrogens is 437 g/mol. The number of amides is 1. The molecule has 1 amide bonds. The zero-order valence-corrected chi connectivity index (χ0v) is 15.6. The fourth-order valence-corrected chi connectivity index (χ4v) is 3.04. The van der Waals surface area contributed by atoms with Crippen LogP contribution in [-0.2, 0) is 10.3 Å². The second kappa shape index (κ2) is 8.01. The van der Waals surface area contributed by atoms with Crippen LogP contribution in [0.2, 0.25) is 5.15 Å². The largest absolute Gasteiger partial charge is 0.452 e. The van der Waals surface area contributed by atoms with Crippen molar-refractivity contribution in [3.05, 3.63) is 52.8 Å². The highest BCUT2D eigenvalue weighted by Gasteiger charge is 2.52. The minimum Gasteiger partial charge on any atom is -0.452 e. The molecule has 1 aromatic carbocycles. The molecule has 0 radical (unpaired) electrons. The van der Waals surface area contributed by atoms with Crippen LogP contribution >= 0.6 is 11.6 Å². The first-order valence-electron chi connectivity index (χ1n) is 8.28. The van der Waals surface area contributed by atoms with Gasteiger partial charge in [0, 0.05) is 17.7 Å². The molecule has 0 saturated heterocycles. The van der Waals surface area contributed by atoms with Gasteiger partial charge in [-0.05, 0) is 18.2 Å². The van der Waals surface area contributed by atoms with Gasteiger partial charge in [0.2, 0.25) is 0 Å². The number of amidine groups is 1. The van der Waals surface area contributed by atoms with E-state index in [1.807, 2.05) is 0 Å². The molecule has 0 spiro atoms. The molecule has 160 valence electrons. The fraction of sp³-hybridized carbons (Fsp3) is 0.294. The molecule has 1 aliphatic rings. The van der Waals surface area contributed by atoms with Crippen LogP contribution in [-0.4, -0.2) is 40.9 Å². The summed E-state index contributed by atoms with van der Waals surface area (Å²) in [6, 6.07) is 2.04. The van der Waals surface area contributed by atoms with E-state index < -0.39 is 54.2 Å². The Morgan fingerprint density at radius 1 is 1.37 bits per heavy atom. The number of aliphatic imine (C=N–C) groups is 1. The number of rotatable bonds is 4. The SMILES string of the molecule is NC1=N[C@@](CF)(c2cc(NC(=O)c3cncc(Cl)n3)ccc2F)C[C@@H](C(F)(F)F)O1. The normalized spacial score (nSPS) is 21.5. The van der Waals surface area contributed by atoms with Gasteiger partial charge in [-0.25, -0.2) is 18.8 Å². The minimum atomic E-state index is -4.88. The Balaban J connectivity index is 1.97. The molecule has 3 N–H and O–H groups in total. The van der Waals surface area contributed by atoms with Crippen molar-refractivity contribution in [1.82, 2.24) is 9.97 Å². The monoisotopic (exact) mass is 449 g/mol. The molecule has 0 fully saturated rings. The Bertz CT molecular complexity index is 1000. The smallest absolute Gasteiger partial charge is 0.425 e. The molecule has 3 rings (SSSR count). The van der Waals surface area contributed by atoms with E-state index in [0.29, 0.717) is 0 Å². The predicted octanol–water partition coefficient (Wildman–Crippen LogP) is 3.35. The number of hydrogen-bond acceptors (Lipinski definition) is 6. The number of nitrogens with two attached hydrogens (primary N) is 1. The van der Waals surface area contributed by atoms with Gasteiger partial charge >= 0.3 is 6.18 Å². The lowest BCUT2D eigenvalue weighted by molar-refractivity contribution is -0.209.